The molecule has 0 fully saturated rings. The van der Waals surface area contributed by atoms with E-state index in [-0.39, 0.29) is 22.6 Å². The number of phenolic OH excluding ortho intramolecular Hbond substituents is 1. The van der Waals surface area contributed by atoms with E-state index in [1.54, 1.807) is 36.4 Å². The summed E-state index contributed by atoms with van der Waals surface area (Å²) < 4.78 is 1.74. The fourth-order valence-electron chi connectivity index (χ4n) is 2.33. The second kappa shape index (κ2) is 8.02. The van der Waals surface area contributed by atoms with Crippen LogP contribution in [0.1, 0.15) is 10.4 Å². The highest BCUT2D eigenvalue weighted by Gasteiger charge is 2.14. The molecule has 0 aliphatic rings. The topological polar surface area (TPSA) is 112 Å². The van der Waals surface area contributed by atoms with Crippen molar-refractivity contribution in [3.8, 4) is 17.1 Å². The molecule has 0 saturated carbocycles. The summed E-state index contributed by atoms with van der Waals surface area (Å²) in [7, 11) is 0. The van der Waals surface area contributed by atoms with E-state index in [1.807, 2.05) is 0 Å². The number of carbonyl (C=O) groups excluding carboxylic acids is 2. The zero-order valence-corrected chi connectivity index (χ0v) is 15.3. The van der Waals surface area contributed by atoms with E-state index in [0.717, 1.165) is 5.56 Å². The van der Waals surface area contributed by atoms with Gasteiger partial charge in [0.1, 0.15) is 12.3 Å². The Hall–Kier alpha value is -3.17. The predicted molar refractivity (Wildman–Crippen MR) is 102 cm³/mol. The van der Waals surface area contributed by atoms with Crippen molar-refractivity contribution in [2.75, 3.05) is 0 Å². The Labute approximate surface area is 163 Å². The van der Waals surface area contributed by atoms with Gasteiger partial charge in [0.05, 0.1) is 5.56 Å². The monoisotopic (exact) mass is 403 g/mol. The van der Waals surface area contributed by atoms with Crippen molar-refractivity contribution in [3.63, 3.8) is 0 Å². The van der Waals surface area contributed by atoms with Gasteiger partial charge in [0.25, 0.3) is 11.8 Å². The maximum Gasteiger partial charge on any atom is 0.273 e. The number of hydrogen-bond acceptors (Lipinski definition) is 5. The van der Waals surface area contributed by atoms with Crippen LogP contribution in [0.4, 0.5) is 0 Å². The molecule has 10 heteroatoms. The molecule has 0 aliphatic heterocycles. The highest BCUT2D eigenvalue weighted by molar-refractivity contribution is 7.71. The summed E-state index contributed by atoms with van der Waals surface area (Å²) >= 11 is 11.0. The van der Waals surface area contributed by atoms with Crippen molar-refractivity contribution in [2.45, 2.75) is 6.54 Å². The number of aromatic nitrogens is 3. The molecule has 0 saturated heterocycles. The Morgan fingerprint density at radius 3 is 2.56 bits per heavy atom. The van der Waals surface area contributed by atoms with Crippen LogP contribution in [-0.4, -0.2) is 31.7 Å². The van der Waals surface area contributed by atoms with Gasteiger partial charge in [0, 0.05) is 10.6 Å². The van der Waals surface area contributed by atoms with E-state index < -0.39 is 11.8 Å². The van der Waals surface area contributed by atoms with Gasteiger partial charge in [-0.2, -0.15) is 5.10 Å². The van der Waals surface area contributed by atoms with Crippen LogP contribution in [0.15, 0.2) is 48.5 Å². The van der Waals surface area contributed by atoms with Gasteiger partial charge < -0.3 is 5.11 Å². The summed E-state index contributed by atoms with van der Waals surface area (Å²) in [6, 6.07) is 12.9. The first-order chi connectivity index (χ1) is 13.0. The second-order valence-corrected chi connectivity index (χ2v) is 6.29. The summed E-state index contributed by atoms with van der Waals surface area (Å²) in [6.07, 6.45) is 0. The molecule has 3 aromatic rings. The van der Waals surface area contributed by atoms with Gasteiger partial charge in [0.15, 0.2) is 10.6 Å². The molecule has 2 amide bonds. The number of nitrogens with one attached hydrogen (secondary N) is 3. The fraction of sp³-hybridized carbons (Fsp3) is 0.0588. The van der Waals surface area contributed by atoms with E-state index in [4.69, 9.17) is 23.8 Å². The van der Waals surface area contributed by atoms with Crippen LogP contribution in [0.5, 0.6) is 5.75 Å². The molecule has 0 spiro atoms. The van der Waals surface area contributed by atoms with Crippen LogP contribution in [0.3, 0.4) is 0 Å². The van der Waals surface area contributed by atoms with E-state index in [2.05, 4.69) is 21.0 Å². The Morgan fingerprint density at radius 2 is 1.85 bits per heavy atom. The number of phenols is 1. The molecule has 2 aromatic carbocycles. The number of rotatable bonds is 4. The molecule has 0 atom stereocenters. The number of hydrazine groups is 1. The Balaban J connectivity index is 1.69. The molecule has 4 N–H and O–H groups in total. The minimum absolute atomic E-state index is 0.0413. The number of halogens is 1. The third-order valence-electron chi connectivity index (χ3n) is 3.63. The molecule has 3 rings (SSSR count). The molecule has 0 radical (unpaired) electrons. The van der Waals surface area contributed by atoms with Crippen LogP contribution in [0, 0.1) is 4.77 Å². The predicted octanol–water partition coefficient (Wildman–Crippen LogP) is 2.43. The molecule has 1 aromatic heterocycles. The SMILES string of the molecule is O=C(Cn1c(-c2ccc(Cl)cc2)n[nH]c1=S)NNC(=O)c1ccccc1O. The Bertz CT molecular complexity index is 1050. The lowest BCUT2D eigenvalue weighted by Gasteiger charge is -2.10. The number of aromatic hydroxyl groups is 1. The van der Waals surface area contributed by atoms with Crippen molar-refractivity contribution in [1.29, 1.82) is 0 Å². The van der Waals surface area contributed by atoms with Crippen LogP contribution in [0.2, 0.25) is 5.02 Å². The molecule has 27 heavy (non-hydrogen) atoms. The molecule has 0 bridgehead atoms. The highest BCUT2D eigenvalue weighted by atomic mass is 35.5. The third-order valence-corrected chi connectivity index (χ3v) is 4.19. The Kier molecular flexibility index (Phi) is 5.53. The summed E-state index contributed by atoms with van der Waals surface area (Å²) in [6.45, 7) is -0.172. The number of H-pyrrole nitrogens is 1. The van der Waals surface area contributed by atoms with Crippen LogP contribution in [-0.2, 0) is 11.3 Å². The number of amides is 2. The minimum atomic E-state index is -0.643. The Morgan fingerprint density at radius 1 is 1.15 bits per heavy atom. The largest absolute Gasteiger partial charge is 0.507 e. The maximum atomic E-state index is 12.2. The lowest BCUT2D eigenvalue weighted by molar-refractivity contribution is -0.122. The first-order valence-electron chi connectivity index (χ1n) is 7.74. The normalized spacial score (nSPS) is 10.4. The first-order valence-corrected chi connectivity index (χ1v) is 8.52. The zero-order chi connectivity index (χ0) is 19.4. The van der Waals surface area contributed by atoms with Gasteiger partial charge in [0.2, 0.25) is 0 Å². The fourth-order valence-corrected chi connectivity index (χ4v) is 2.65. The lowest BCUT2D eigenvalue weighted by Crippen LogP contribution is -2.43. The van der Waals surface area contributed by atoms with Gasteiger partial charge in [-0.3, -0.25) is 30.1 Å². The van der Waals surface area contributed by atoms with Crippen molar-refractivity contribution in [3.05, 3.63) is 63.9 Å². The standard InChI is InChI=1S/C17H14ClN5O3S/c18-11-7-5-10(6-8-11)15-20-22-17(27)23(15)9-14(25)19-21-16(26)12-3-1-2-4-13(12)24/h1-8,24H,9H2,(H,19,25)(H,21,26)(H,22,27). The molecule has 0 aliphatic carbocycles. The molecule has 1 heterocycles. The van der Waals surface area contributed by atoms with E-state index in [1.165, 1.54) is 16.7 Å². The van der Waals surface area contributed by atoms with Gasteiger partial charge in [-0.15, -0.1) is 0 Å². The molecule has 138 valence electrons. The van der Waals surface area contributed by atoms with Gasteiger partial charge >= 0.3 is 0 Å². The summed E-state index contributed by atoms with van der Waals surface area (Å²) in [5, 5.41) is 17.0. The number of benzene rings is 2. The molecule has 0 unspecified atom stereocenters. The van der Waals surface area contributed by atoms with Crippen LogP contribution in [0.25, 0.3) is 11.4 Å². The average molecular weight is 404 g/mol. The summed E-state index contributed by atoms with van der Waals surface area (Å²) in [5.41, 5.74) is 5.29. The van der Waals surface area contributed by atoms with Gasteiger partial charge in [-0.05, 0) is 48.6 Å². The molecular weight excluding hydrogens is 390 g/mol. The van der Waals surface area contributed by atoms with E-state index >= 15 is 0 Å². The summed E-state index contributed by atoms with van der Waals surface area (Å²) in [4.78, 5) is 24.2. The first kappa shape index (κ1) is 18.6. The van der Waals surface area contributed by atoms with Crippen molar-refractivity contribution < 1.29 is 14.7 Å². The van der Waals surface area contributed by atoms with Crippen LogP contribution >= 0.6 is 23.8 Å². The number of nitrogens with zero attached hydrogens (tertiary/aromatic N) is 2. The number of aromatic amines is 1. The van der Waals surface area contributed by atoms with Crippen molar-refractivity contribution in [2.24, 2.45) is 0 Å². The smallest absolute Gasteiger partial charge is 0.273 e. The number of para-hydroxylation sites is 1. The lowest BCUT2D eigenvalue weighted by atomic mass is 10.2. The quantitative estimate of drug-likeness (QED) is 0.395. The van der Waals surface area contributed by atoms with Gasteiger partial charge in [-0.25, -0.2) is 0 Å². The second-order valence-electron chi connectivity index (χ2n) is 5.46. The third kappa shape index (κ3) is 4.33. The van der Waals surface area contributed by atoms with E-state index in [0.29, 0.717) is 10.8 Å². The number of carbonyl (C=O) groups is 2. The number of hydrogen-bond donors (Lipinski definition) is 4. The van der Waals surface area contributed by atoms with Crippen molar-refractivity contribution in [1.82, 2.24) is 25.6 Å². The van der Waals surface area contributed by atoms with Crippen LogP contribution < -0.4 is 10.9 Å². The molecular formula is C17H14ClN5O3S. The highest BCUT2D eigenvalue weighted by Crippen LogP contribution is 2.20. The van der Waals surface area contributed by atoms with Crippen molar-refractivity contribution >= 4 is 35.6 Å². The minimum Gasteiger partial charge on any atom is -0.507 e. The summed E-state index contributed by atoms with van der Waals surface area (Å²) in [5.74, 6) is -0.896. The average Bonchev–Trinajstić information content (AvgIpc) is 3.01. The van der Waals surface area contributed by atoms with E-state index in [9.17, 15) is 14.7 Å². The van der Waals surface area contributed by atoms with Gasteiger partial charge in [-0.1, -0.05) is 23.7 Å². The zero-order valence-electron chi connectivity index (χ0n) is 13.8. The molecule has 8 nitrogen and oxygen atoms in total. The maximum absolute atomic E-state index is 12.2.